The number of nitrogens with two attached hydrogens (primary N) is 1. The number of amides is 4. The average Bonchev–Trinajstić information content (AvgIpc) is 3.30. The Hall–Kier alpha value is -3.40. The van der Waals surface area contributed by atoms with Crippen LogP contribution in [-0.2, 0) is 16.0 Å². The molecule has 1 heterocycles. The van der Waals surface area contributed by atoms with E-state index in [2.05, 4.69) is 20.7 Å². The van der Waals surface area contributed by atoms with Crippen LogP contribution in [0.3, 0.4) is 0 Å². The fourth-order valence-corrected chi connectivity index (χ4v) is 4.60. The molecule has 1 aliphatic carbocycles. The number of aliphatic hydroxyl groups is 3. The first-order chi connectivity index (χ1) is 17.3. The standard InChI is InChI=1S/C22H25F3N4O7S/c23-22(24,25)36-12-5-3-11(4-6-12)27-20(34)29-15-9-21(35,10-16(30)17(15)31)19(33)28-14(18(26)32)8-13-2-1-7-37-13/h1-7,14-17,30-31,35H,8-10H2,(H2,26,32)(H,28,33)(H2,27,29,34)/t14-,15-,16+,17+,21-/m0/s1. The van der Waals surface area contributed by atoms with Crippen molar-refractivity contribution in [1.82, 2.24) is 10.6 Å². The van der Waals surface area contributed by atoms with E-state index in [0.29, 0.717) is 0 Å². The van der Waals surface area contributed by atoms with Crippen LogP contribution in [0.4, 0.5) is 23.7 Å². The van der Waals surface area contributed by atoms with Gasteiger partial charge in [-0.1, -0.05) is 6.07 Å². The van der Waals surface area contributed by atoms with Gasteiger partial charge in [0.25, 0.3) is 5.91 Å². The van der Waals surface area contributed by atoms with Gasteiger partial charge < -0.3 is 41.7 Å². The van der Waals surface area contributed by atoms with E-state index in [0.717, 1.165) is 29.1 Å². The first-order valence-electron chi connectivity index (χ1n) is 10.9. The second kappa shape index (κ2) is 11.3. The third-order valence-corrected chi connectivity index (χ3v) is 6.53. The number of aliphatic hydroxyl groups excluding tert-OH is 2. The SMILES string of the molecule is NC(=O)[C@H](Cc1cccs1)NC(=O)[C@@]1(O)C[C@@H](O)[C@H](O)[C@@H](NC(=O)Nc2ccc(OC(F)(F)F)cc2)C1. The lowest BCUT2D eigenvalue weighted by Gasteiger charge is -2.41. The Labute approximate surface area is 212 Å². The number of hydrogen-bond acceptors (Lipinski definition) is 8. The third kappa shape index (κ3) is 7.79. The molecule has 3 rings (SSSR count). The molecular weight excluding hydrogens is 521 g/mol. The minimum Gasteiger partial charge on any atom is -0.406 e. The Morgan fingerprint density at radius 3 is 2.41 bits per heavy atom. The fraction of sp³-hybridized carbons (Fsp3) is 0.409. The molecule has 1 saturated carbocycles. The predicted octanol–water partition coefficient (Wildman–Crippen LogP) is 0.596. The smallest absolute Gasteiger partial charge is 0.406 e. The number of rotatable bonds is 8. The third-order valence-electron chi connectivity index (χ3n) is 5.63. The van der Waals surface area contributed by atoms with E-state index in [1.54, 1.807) is 17.5 Å². The van der Waals surface area contributed by atoms with Gasteiger partial charge in [-0.15, -0.1) is 24.5 Å². The van der Waals surface area contributed by atoms with Crippen LogP contribution in [0.25, 0.3) is 0 Å². The first-order valence-corrected chi connectivity index (χ1v) is 11.8. The second-order valence-corrected chi connectivity index (χ2v) is 9.52. The molecule has 2 aromatic rings. The van der Waals surface area contributed by atoms with Crippen molar-refractivity contribution in [1.29, 1.82) is 0 Å². The number of carbonyl (C=O) groups is 3. The van der Waals surface area contributed by atoms with E-state index in [4.69, 9.17) is 5.73 Å². The molecule has 8 N–H and O–H groups in total. The summed E-state index contributed by atoms with van der Waals surface area (Å²) in [4.78, 5) is 37.9. The molecule has 11 nitrogen and oxygen atoms in total. The van der Waals surface area contributed by atoms with Crippen molar-refractivity contribution < 1.29 is 47.6 Å². The van der Waals surface area contributed by atoms with E-state index in [1.165, 1.54) is 11.3 Å². The number of ether oxygens (including phenoxy) is 1. The topological polar surface area (TPSA) is 183 Å². The summed E-state index contributed by atoms with van der Waals surface area (Å²) in [6.07, 6.45) is -9.07. The van der Waals surface area contributed by atoms with E-state index in [-0.39, 0.29) is 12.1 Å². The van der Waals surface area contributed by atoms with Crippen molar-refractivity contribution in [2.75, 3.05) is 5.32 Å². The van der Waals surface area contributed by atoms with E-state index in [9.17, 15) is 42.9 Å². The lowest BCUT2D eigenvalue weighted by Crippen LogP contribution is -2.64. The van der Waals surface area contributed by atoms with E-state index < -0.39 is 72.7 Å². The van der Waals surface area contributed by atoms with Crippen molar-refractivity contribution in [3.05, 3.63) is 46.7 Å². The van der Waals surface area contributed by atoms with Crippen LogP contribution in [0.5, 0.6) is 5.75 Å². The molecule has 0 bridgehead atoms. The summed E-state index contributed by atoms with van der Waals surface area (Å²) in [5, 5.41) is 40.3. The number of urea groups is 1. The lowest BCUT2D eigenvalue weighted by atomic mass is 9.77. The Balaban J connectivity index is 1.63. The summed E-state index contributed by atoms with van der Waals surface area (Å²) >= 11 is 1.34. The number of carbonyl (C=O) groups excluding carboxylic acids is 3. The zero-order valence-electron chi connectivity index (χ0n) is 19.1. The Morgan fingerprint density at radius 2 is 1.84 bits per heavy atom. The van der Waals surface area contributed by atoms with Gasteiger partial charge in [-0.3, -0.25) is 9.59 Å². The van der Waals surface area contributed by atoms with Crippen molar-refractivity contribution in [3.63, 3.8) is 0 Å². The first kappa shape index (κ1) is 28.2. The summed E-state index contributed by atoms with van der Waals surface area (Å²) in [6, 6.07) is 4.29. The molecule has 0 spiro atoms. The van der Waals surface area contributed by atoms with Gasteiger partial charge in [0.15, 0.2) is 0 Å². The minimum atomic E-state index is -4.88. The maximum atomic E-state index is 12.9. The molecule has 0 aliphatic heterocycles. The van der Waals surface area contributed by atoms with Gasteiger partial charge in [0, 0.05) is 29.8 Å². The fourth-order valence-electron chi connectivity index (χ4n) is 3.85. The molecule has 0 saturated heterocycles. The van der Waals surface area contributed by atoms with E-state index in [1.807, 2.05) is 0 Å². The summed E-state index contributed by atoms with van der Waals surface area (Å²) in [5.74, 6) is -2.37. The lowest BCUT2D eigenvalue weighted by molar-refractivity contribution is -0.274. The molecule has 0 unspecified atom stereocenters. The quantitative estimate of drug-likeness (QED) is 0.253. The van der Waals surface area contributed by atoms with Gasteiger partial charge in [-0.25, -0.2) is 4.79 Å². The molecule has 5 atom stereocenters. The number of thiophene rings is 1. The van der Waals surface area contributed by atoms with Crippen molar-refractivity contribution in [2.45, 2.75) is 55.5 Å². The number of nitrogens with one attached hydrogen (secondary N) is 3. The number of halogens is 3. The second-order valence-electron chi connectivity index (χ2n) is 8.49. The molecule has 1 aromatic carbocycles. The van der Waals surface area contributed by atoms with Crippen LogP contribution < -0.4 is 26.4 Å². The van der Waals surface area contributed by atoms with Crippen LogP contribution in [0.2, 0.25) is 0 Å². The highest BCUT2D eigenvalue weighted by Crippen LogP contribution is 2.30. The largest absolute Gasteiger partial charge is 0.573 e. The summed E-state index contributed by atoms with van der Waals surface area (Å²) < 4.78 is 40.6. The van der Waals surface area contributed by atoms with Crippen LogP contribution in [0, 0.1) is 0 Å². The molecule has 37 heavy (non-hydrogen) atoms. The molecule has 1 aliphatic rings. The highest BCUT2D eigenvalue weighted by Gasteiger charge is 2.49. The van der Waals surface area contributed by atoms with E-state index >= 15 is 0 Å². The highest BCUT2D eigenvalue weighted by atomic mass is 32.1. The van der Waals surface area contributed by atoms with Gasteiger partial charge in [0.2, 0.25) is 5.91 Å². The Bertz CT molecular complexity index is 1100. The maximum absolute atomic E-state index is 12.9. The molecule has 202 valence electrons. The molecule has 1 fully saturated rings. The van der Waals surface area contributed by atoms with Crippen molar-refractivity contribution in [2.24, 2.45) is 5.73 Å². The number of anilines is 1. The van der Waals surface area contributed by atoms with Gasteiger partial charge in [-0.05, 0) is 35.7 Å². The summed E-state index contributed by atoms with van der Waals surface area (Å²) in [5.41, 5.74) is 3.19. The summed E-state index contributed by atoms with van der Waals surface area (Å²) in [7, 11) is 0. The van der Waals surface area contributed by atoms with Crippen molar-refractivity contribution >= 4 is 34.9 Å². The minimum absolute atomic E-state index is 0.0729. The highest BCUT2D eigenvalue weighted by molar-refractivity contribution is 7.09. The molecule has 1 aromatic heterocycles. The van der Waals surface area contributed by atoms with Crippen LogP contribution in [0.1, 0.15) is 17.7 Å². The predicted molar refractivity (Wildman–Crippen MR) is 124 cm³/mol. The van der Waals surface area contributed by atoms with Crippen LogP contribution in [0.15, 0.2) is 41.8 Å². The maximum Gasteiger partial charge on any atom is 0.573 e. The van der Waals surface area contributed by atoms with Gasteiger partial charge in [0.05, 0.1) is 12.1 Å². The Kier molecular flexibility index (Phi) is 8.63. The number of hydrogen-bond donors (Lipinski definition) is 7. The number of benzene rings is 1. The molecule has 4 amide bonds. The molecular formula is C22H25F3N4O7S. The zero-order valence-corrected chi connectivity index (χ0v) is 19.9. The normalized spacial score (nSPS) is 24.5. The Morgan fingerprint density at radius 1 is 1.16 bits per heavy atom. The number of alkyl halides is 3. The molecule has 15 heteroatoms. The average molecular weight is 547 g/mol. The van der Waals surface area contributed by atoms with Gasteiger partial charge >= 0.3 is 12.4 Å². The molecule has 0 radical (unpaired) electrons. The van der Waals surface area contributed by atoms with Gasteiger partial charge in [-0.2, -0.15) is 0 Å². The number of primary amides is 1. The van der Waals surface area contributed by atoms with Crippen LogP contribution >= 0.6 is 11.3 Å². The summed E-state index contributed by atoms with van der Waals surface area (Å²) in [6.45, 7) is 0. The van der Waals surface area contributed by atoms with Gasteiger partial charge in [0.1, 0.15) is 23.5 Å². The zero-order chi connectivity index (χ0) is 27.4. The van der Waals surface area contributed by atoms with Crippen molar-refractivity contribution in [3.8, 4) is 5.75 Å². The van der Waals surface area contributed by atoms with Crippen LogP contribution in [-0.4, -0.2) is 69.4 Å². The monoisotopic (exact) mass is 546 g/mol.